The standard InChI is InChI=1S/C13H12F2N2/c14-10-5-11(15)7-12(6-10)17-8-9-3-1-2-4-13(9)16/h1-7,17H,8,16H2. The summed E-state index contributed by atoms with van der Waals surface area (Å²) in [4.78, 5) is 0. The molecule has 0 atom stereocenters. The van der Waals surface area contributed by atoms with Crippen molar-refractivity contribution in [1.29, 1.82) is 0 Å². The van der Waals surface area contributed by atoms with Gasteiger partial charge >= 0.3 is 0 Å². The average molecular weight is 234 g/mol. The number of hydrogen-bond acceptors (Lipinski definition) is 2. The van der Waals surface area contributed by atoms with Crippen LogP contribution < -0.4 is 11.1 Å². The second kappa shape index (κ2) is 4.82. The summed E-state index contributed by atoms with van der Waals surface area (Å²) in [6, 6.07) is 10.6. The van der Waals surface area contributed by atoms with Crippen LogP contribution in [-0.4, -0.2) is 0 Å². The number of anilines is 2. The molecule has 3 N–H and O–H groups in total. The Balaban J connectivity index is 2.10. The highest BCUT2D eigenvalue weighted by Gasteiger charge is 2.01. The minimum absolute atomic E-state index is 0.394. The van der Waals surface area contributed by atoms with E-state index in [-0.39, 0.29) is 0 Å². The summed E-state index contributed by atoms with van der Waals surface area (Å²) in [6.07, 6.45) is 0. The lowest BCUT2D eigenvalue weighted by atomic mass is 10.2. The van der Waals surface area contributed by atoms with Crippen LogP contribution in [0.25, 0.3) is 0 Å². The molecule has 0 radical (unpaired) electrons. The normalized spacial score (nSPS) is 10.2. The second-order valence-corrected chi connectivity index (χ2v) is 3.71. The lowest BCUT2D eigenvalue weighted by Crippen LogP contribution is -2.03. The van der Waals surface area contributed by atoms with E-state index in [1.807, 2.05) is 18.2 Å². The van der Waals surface area contributed by atoms with Gasteiger partial charge < -0.3 is 11.1 Å². The van der Waals surface area contributed by atoms with Crippen LogP contribution in [0.3, 0.4) is 0 Å². The lowest BCUT2D eigenvalue weighted by Gasteiger charge is -2.08. The topological polar surface area (TPSA) is 38.0 Å². The highest BCUT2D eigenvalue weighted by molar-refractivity contribution is 5.50. The first-order valence-electron chi connectivity index (χ1n) is 5.18. The van der Waals surface area contributed by atoms with Crippen LogP contribution in [0.2, 0.25) is 0 Å². The molecule has 0 saturated carbocycles. The van der Waals surface area contributed by atoms with Crippen molar-refractivity contribution < 1.29 is 8.78 Å². The Morgan fingerprint density at radius 3 is 2.29 bits per heavy atom. The average Bonchev–Trinajstić information content (AvgIpc) is 2.27. The van der Waals surface area contributed by atoms with Crippen molar-refractivity contribution >= 4 is 11.4 Å². The maximum absolute atomic E-state index is 12.9. The van der Waals surface area contributed by atoms with Crippen LogP contribution in [0, 0.1) is 11.6 Å². The van der Waals surface area contributed by atoms with Gasteiger partial charge in [0.2, 0.25) is 0 Å². The molecule has 2 nitrogen and oxygen atoms in total. The van der Waals surface area contributed by atoms with Crippen molar-refractivity contribution in [2.45, 2.75) is 6.54 Å². The fourth-order valence-corrected chi connectivity index (χ4v) is 1.55. The van der Waals surface area contributed by atoms with Crippen LogP contribution in [0.4, 0.5) is 20.2 Å². The molecule has 0 amide bonds. The number of nitrogens with two attached hydrogens (primary N) is 1. The van der Waals surface area contributed by atoms with E-state index in [1.165, 1.54) is 12.1 Å². The molecule has 0 aliphatic heterocycles. The van der Waals surface area contributed by atoms with Gasteiger partial charge in [0.15, 0.2) is 0 Å². The highest BCUT2D eigenvalue weighted by Crippen LogP contribution is 2.16. The maximum Gasteiger partial charge on any atom is 0.128 e. The van der Waals surface area contributed by atoms with Gasteiger partial charge in [-0.05, 0) is 23.8 Å². The number of rotatable bonds is 3. The van der Waals surface area contributed by atoms with Gasteiger partial charge in [0.05, 0.1) is 0 Å². The maximum atomic E-state index is 12.9. The molecule has 0 saturated heterocycles. The van der Waals surface area contributed by atoms with E-state index >= 15 is 0 Å². The Hall–Kier alpha value is -2.10. The van der Waals surface area contributed by atoms with Gasteiger partial charge in [0.25, 0.3) is 0 Å². The monoisotopic (exact) mass is 234 g/mol. The third kappa shape index (κ3) is 2.93. The Bertz CT molecular complexity index is 506. The molecule has 0 unspecified atom stereocenters. The van der Waals surface area contributed by atoms with E-state index in [0.717, 1.165) is 11.6 Å². The number of hydrogen-bond donors (Lipinski definition) is 2. The van der Waals surface area contributed by atoms with Crippen molar-refractivity contribution in [3.63, 3.8) is 0 Å². The molecule has 0 aliphatic rings. The van der Waals surface area contributed by atoms with E-state index in [4.69, 9.17) is 5.73 Å². The summed E-state index contributed by atoms with van der Waals surface area (Å²) >= 11 is 0. The fraction of sp³-hybridized carbons (Fsp3) is 0.0769. The van der Waals surface area contributed by atoms with Gasteiger partial charge in [-0.15, -0.1) is 0 Å². The molecule has 2 aromatic rings. The van der Waals surface area contributed by atoms with Crippen molar-refractivity contribution in [1.82, 2.24) is 0 Å². The summed E-state index contributed by atoms with van der Waals surface area (Å²) in [6.45, 7) is 0.426. The zero-order chi connectivity index (χ0) is 12.3. The summed E-state index contributed by atoms with van der Waals surface area (Å²) in [7, 11) is 0. The van der Waals surface area contributed by atoms with Crippen molar-refractivity contribution in [3.8, 4) is 0 Å². The molecule has 88 valence electrons. The van der Waals surface area contributed by atoms with E-state index < -0.39 is 11.6 Å². The summed E-state index contributed by atoms with van der Waals surface area (Å²) < 4.78 is 25.9. The van der Waals surface area contributed by atoms with E-state index in [0.29, 0.717) is 17.9 Å². The Morgan fingerprint density at radius 1 is 1.00 bits per heavy atom. The first-order chi connectivity index (χ1) is 8.15. The number of halogens is 2. The third-order valence-electron chi connectivity index (χ3n) is 2.40. The van der Waals surface area contributed by atoms with Gasteiger partial charge in [-0.3, -0.25) is 0 Å². The second-order valence-electron chi connectivity index (χ2n) is 3.71. The van der Waals surface area contributed by atoms with Crippen LogP contribution in [0.15, 0.2) is 42.5 Å². The highest BCUT2D eigenvalue weighted by atomic mass is 19.1. The van der Waals surface area contributed by atoms with Crippen LogP contribution >= 0.6 is 0 Å². The lowest BCUT2D eigenvalue weighted by molar-refractivity contribution is 0.584. The number of para-hydroxylation sites is 1. The zero-order valence-electron chi connectivity index (χ0n) is 9.08. The smallest absolute Gasteiger partial charge is 0.128 e. The Morgan fingerprint density at radius 2 is 1.65 bits per heavy atom. The molecule has 0 bridgehead atoms. The van der Waals surface area contributed by atoms with Gasteiger partial charge in [-0.25, -0.2) is 8.78 Å². The number of nitrogens with one attached hydrogen (secondary N) is 1. The van der Waals surface area contributed by atoms with Gasteiger partial charge in [0, 0.05) is 24.0 Å². The summed E-state index contributed by atoms with van der Waals surface area (Å²) in [5, 5.41) is 2.92. The Labute approximate surface area is 98.1 Å². The molecule has 0 aliphatic carbocycles. The quantitative estimate of drug-likeness (QED) is 0.800. The first kappa shape index (κ1) is 11.4. The largest absolute Gasteiger partial charge is 0.398 e. The summed E-state index contributed by atoms with van der Waals surface area (Å²) in [5.41, 5.74) is 7.69. The van der Waals surface area contributed by atoms with Gasteiger partial charge in [-0.2, -0.15) is 0 Å². The van der Waals surface area contributed by atoms with Crippen molar-refractivity contribution in [3.05, 3.63) is 59.7 Å². The number of benzene rings is 2. The molecule has 4 heteroatoms. The molecule has 17 heavy (non-hydrogen) atoms. The van der Waals surface area contributed by atoms with Gasteiger partial charge in [0.1, 0.15) is 11.6 Å². The van der Waals surface area contributed by atoms with Crippen LogP contribution in [0.5, 0.6) is 0 Å². The molecule has 0 fully saturated rings. The Kier molecular flexibility index (Phi) is 3.23. The van der Waals surface area contributed by atoms with Crippen molar-refractivity contribution in [2.75, 3.05) is 11.1 Å². The van der Waals surface area contributed by atoms with Crippen molar-refractivity contribution in [2.24, 2.45) is 0 Å². The number of nitrogen functional groups attached to an aromatic ring is 1. The molecular weight excluding hydrogens is 222 g/mol. The molecular formula is C13H12F2N2. The SMILES string of the molecule is Nc1ccccc1CNc1cc(F)cc(F)c1. The predicted octanol–water partition coefficient (Wildman–Crippen LogP) is 3.16. The van der Waals surface area contributed by atoms with Crippen LogP contribution in [-0.2, 0) is 6.54 Å². The summed E-state index contributed by atoms with van der Waals surface area (Å²) in [5.74, 6) is -1.21. The third-order valence-corrected chi connectivity index (χ3v) is 2.40. The molecule has 2 aromatic carbocycles. The molecule has 0 heterocycles. The predicted molar refractivity (Wildman–Crippen MR) is 64.5 cm³/mol. The molecule has 0 aromatic heterocycles. The van der Waals surface area contributed by atoms with E-state index in [1.54, 1.807) is 6.07 Å². The molecule has 2 rings (SSSR count). The van der Waals surface area contributed by atoms with E-state index in [9.17, 15) is 8.78 Å². The zero-order valence-corrected chi connectivity index (χ0v) is 9.08. The fourth-order valence-electron chi connectivity index (χ4n) is 1.55. The minimum atomic E-state index is -0.603. The van der Waals surface area contributed by atoms with E-state index in [2.05, 4.69) is 5.32 Å². The first-order valence-corrected chi connectivity index (χ1v) is 5.18. The molecule has 0 spiro atoms. The van der Waals surface area contributed by atoms with Gasteiger partial charge in [-0.1, -0.05) is 18.2 Å². The minimum Gasteiger partial charge on any atom is -0.398 e. The van der Waals surface area contributed by atoms with Crippen LogP contribution in [0.1, 0.15) is 5.56 Å².